The quantitative estimate of drug-likeness (QED) is 0.196. The fraction of sp³-hybridized carbons (Fsp3) is 0. The summed E-state index contributed by atoms with van der Waals surface area (Å²) in [6.07, 6.45) is 0. The van der Waals surface area contributed by atoms with E-state index in [-0.39, 0.29) is 17.3 Å². The van der Waals surface area contributed by atoms with Gasteiger partial charge in [-0.15, -0.1) is 0 Å². The molecule has 0 N–H and O–H groups in total. The van der Waals surface area contributed by atoms with Gasteiger partial charge < -0.3 is 0 Å². The van der Waals surface area contributed by atoms with Gasteiger partial charge >= 0.3 is 0 Å². The summed E-state index contributed by atoms with van der Waals surface area (Å²) in [7, 11) is 0. The smallest absolute Gasteiger partial charge is 0.193 e. The van der Waals surface area contributed by atoms with Crippen LogP contribution in [0, 0.1) is 0 Å². The number of hydrogen-bond donors (Lipinski definition) is 0. The monoisotopic (exact) mass is 546 g/mol. The molecule has 0 unspecified atom stereocenters. The van der Waals surface area contributed by atoms with Crippen LogP contribution in [0.3, 0.4) is 0 Å². The van der Waals surface area contributed by atoms with E-state index in [0.717, 1.165) is 33.4 Å². The highest BCUT2D eigenvalue weighted by atomic mass is 16.1. The molecule has 6 rings (SSSR count). The van der Waals surface area contributed by atoms with Gasteiger partial charge in [-0.25, -0.2) is 0 Å². The van der Waals surface area contributed by atoms with Gasteiger partial charge in [0, 0.05) is 33.4 Å². The Hall–Kier alpha value is -5.67. The zero-order chi connectivity index (χ0) is 29.4. The lowest BCUT2D eigenvalue weighted by Crippen LogP contribution is -1.99. The van der Waals surface area contributed by atoms with Crippen LogP contribution < -0.4 is 0 Å². The van der Waals surface area contributed by atoms with Gasteiger partial charge in [-0.3, -0.25) is 14.4 Å². The van der Waals surface area contributed by atoms with Crippen molar-refractivity contribution in [2.75, 3.05) is 0 Å². The predicted octanol–water partition coefficient (Wildman–Crippen LogP) is 8.75. The Balaban J connectivity index is 0.000000145. The fourth-order valence-corrected chi connectivity index (χ4v) is 4.04. The molecule has 6 aromatic carbocycles. The third-order valence-electron chi connectivity index (χ3n) is 6.22. The topological polar surface area (TPSA) is 51.2 Å². The standard InChI is InChI=1S/3C13H10O/c3*14-13(11-7-3-1-4-8-11)12-9-5-2-6-10-12/h3*1-10H. The normalized spacial score (nSPS) is 9.71. The Labute approximate surface area is 246 Å². The highest BCUT2D eigenvalue weighted by Gasteiger charge is 2.08. The first-order valence-electron chi connectivity index (χ1n) is 13.6. The molecule has 0 bridgehead atoms. The van der Waals surface area contributed by atoms with Gasteiger partial charge in [0.15, 0.2) is 17.3 Å². The molecule has 0 aromatic heterocycles. The van der Waals surface area contributed by atoms with Gasteiger partial charge in [0.2, 0.25) is 0 Å². The molecule has 3 nitrogen and oxygen atoms in total. The van der Waals surface area contributed by atoms with Crippen LogP contribution in [0.2, 0.25) is 0 Å². The lowest BCUT2D eigenvalue weighted by Gasteiger charge is -1.99. The average molecular weight is 547 g/mol. The van der Waals surface area contributed by atoms with Crippen molar-refractivity contribution < 1.29 is 14.4 Å². The minimum atomic E-state index is 0.0752. The van der Waals surface area contributed by atoms with Crippen molar-refractivity contribution in [3.8, 4) is 0 Å². The Morgan fingerprint density at radius 1 is 0.214 bits per heavy atom. The minimum Gasteiger partial charge on any atom is -0.289 e. The molecule has 0 heterocycles. The van der Waals surface area contributed by atoms with Crippen LogP contribution in [0.4, 0.5) is 0 Å². The molecule has 0 amide bonds. The summed E-state index contributed by atoms with van der Waals surface area (Å²) >= 11 is 0. The van der Waals surface area contributed by atoms with E-state index in [9.17, 15) is 14.4 Å². The Morgan fingerprint density at radius 3 is 0.452 bits per heavy atom. The SMILES string of the molecule is O=C(c1ccccc1)c1ccccc1.O=C(c1ccccc1)c1ccccc1.O=C(c1ccccc1)c1ccccc1. The van der Waals surface area contributed by atoms with Crippen molar-refractivity contribution in [1.29, 1.82) is 0 Å². The van der Waals surface area contributed by atoms with Gasteiger partial charge in [-0.1, -0.05) is 182 Å². The van der Waals surface area contributed by atoms with Crippen molar-refractivity contribution in [1.82, 2.24) is 0 Å². The minimum absolute atomic E-state index is 0.0752. The van der Waals surface area contributed by atoms with Gasteiger partial charge in [0.1, 0.15) is 0 Å². The molecule has 3 heteroatoms. The Kier molecular flexibility index (Phi) is 11.0. The van der Waals surface area contributed by atoms with Crippen LogP contribution in [0.15, 0.2) is 182 Å². The summed E-state index contributed by atoms with van der Waals surface area (Å²) in [6, 6.07) is 55.8. The fourth-order valence-electron chi connectivity index (χ4n) is 4.04. The first kappa shape index (κ1) is 29.3. The van der Waals surface area contributed by atoms with Crippen molar-refractivity contribution in [3.05, 3.63) is 215 Å². The molecule has 0 saturated carbocycles. The van der Waals surface area contributed by atoms with E-state index in [1.54, 1.807) is 0 Å². The number of ketones is 3. The third-order valence-corrected chi connectivity index (χ3v) is 6.22. The maximum atomic E-state index is 11.8. The molecule has 0 saturated heterocycles. The lowest BCUT2D eigenvalue weighted by atomic mass is 10.0. The lowest BCUT2D eigenvalue weighted by molar-refractivity contribution is 0.103. The summed E-state index contributed by atoms with van der Waals surface area (Å²) in [5, 5.41) is 0. The van der Waals surface area contributed by atoms with E-state index >= 15 is 0 Å². The summed E-state index contributed by atoms with van der Waals surface area (Å²) in [5.41, 5.74) is 4.41. The number of hydrogen-bond acceptors (Lipinski definition) is 3. The zero-order valence-corrected chi connectivity index (χ0v) is 23.0. The number of carbonyl (C=O) groups is 3. The Bertz CT molecular complexity index is 1330. The molecule has 42 heavy (non-hydrogen) atoms. The van der Waals surface area contributed by atoms with Crippen molar-refractivity contribution in [2.24, 2.45) is 0 Å². The summed E-state index contributed by atoms with van der Waals surface area (Å²) in [5.74, 6) is 0.226. The van der Waals surface area contributed by atoms with Crippen LogP contribution in [0.1, 0.15) is 47.8 Å². The summed E-state index contributed by atoms with van der Waals surface area (Å²) in [4.78, 5) is 35.5. The second-order valence-corrected chi connectivity index (χ2v) is 9.18. The van der Waals surface area contributed by atoms with Crippen LogP contribution in [-0.4, -0.2) is 17.3 Å². The van der Waals surface area contributed by atoms with Crippen LogP contribution in [0.5, 0.6) is 0 Å². The molecule has 6 aromatic rings. The highest BCUT2D eigenvalue weighted by Crippen LogP contribution is 2.10. The van der Waals surface area contributed by atoms with Crippen molar-refractivity contribution in [2.45, 2.75) is 0 Å². The van der Waals surface area contributed by atoms with E-state index in [1.165, 1.54) is 0 Å². The molecule has 0 atom stereocenters. The van der Waals surface area contributed by atoms with Gasteiger partial charge in [0.25, 0.3) is 0 Å². The first-order valence-corrected chi connectivity index (χ1v) is 13.6. The second kappa shape index (κ2) is 15.8. The van der Waals surface area contributed by atoms with E-state index in [0.29, 0.717) is 0 Å². The molecule has 0 fully saturated rings. The van der Waals surface area contributed by atoms with Crippen molar-refractivity contribution in [3.63, 3.8) is 0 Å². The van der Waals surface area contributed by atoms with Gasteiger partial charge in [-0.2, -0.15) is 0 Å². The van der Waals surface area contributed by atoms with Crippen LogP contribution in [0.25, 0.3) is 0 Å². The maximum Gasteiger partial charge on any atom is 0.193 e. The van der Waals surface area contributed by atoms with E-state index in [2.05, 4.69) is 0 Å². The molecular formula is C39H30O3. The van der Waals surface area contributed by atoms with Crippen molar-refractivity contribution >= 4 is 17.3 Å². The number of carbonyl (C=O) groups excluding carboxylic acids is 3. The average Bonchev–Trinajstić information content (AvgIpc) is 3.10. The van der Waals surface area contributed by atoms with Crippen LogP contribution in [-0.2, 0) is 0 Å². The van der Waals surface area contributed by atoms with Gasteiger partial charge in [0.05, 0.1) is 0 Å². The number of benzene rings is 6. The molecule has 0 spiro atoms. The molecule has 0 aliphatic heterocycles. The summed E-state index contributed by atoms with van der Waals surface area (Å²) < 4.78 is 0. The van der Waals surface area contributed by atoms with Crippen LogP contribution >= 0.6 is 0 Å². The van der Waals surface area contributed by atoms with E-state index in [4.69, 9.17) is 0 Å². The van der Waals surface area contributed by atoms with Gasteiger partial charge in [-0.05, 0) is 0 Å². The molecule has 0 aliphatic carbocycles. The molecule has 204 valence electrons. The second-order valence-electron chi connectivity index (χ2n) is 9.18. The highest BCUT2D eigenvalue weighted by molar-refractivity contribution is 6.10. The van der Waals surface area contributed by atoms with E-state index in [1.807, 2.05) is 182 Å². The Morgan fingerprint density at radius 2 is 0.333 bits per heavy atom. The van der Waals surface area contributed by atoms with E-state index < -0.39 is 0 Å². The molecule has 0 aliphatic rings. The maximum absolute atomic E-state index is 11.8. The zero-order valence-electron chi connectivity index (χ0n) is 23.0. The molecule has 0 radical (unpaired) electrons. The largest absolute Gasteiger partial charge is 0.289 e. The third kappa shape index (κ3) is 8.67. The summed E-state index contributed by atoms with van der Waals surface area (Å²) in [6.45, 7) is 0. The first-order chi connectivity index (χ1) is 20.6. The number of rotatable bonds is 6. The molecular weight excluding hydrogens is 516 g/mol. The predicted molar refractivity (Wildman–Crippen MR) is 169 cm³/mol.